The Morgan fingerprint density at radius 3 is 3.14 bits per heavy atom. The van der Waals surface area contributed by atoms with E-state index >= 15 is 0 Å². The van der Waals surface area contributed by atoms with Gasteiger partial charge in [0.15, 0.2) is 10.1 Å². The third-order valence-corrected chi connectivity index (χ3v) is 4.66. The first-order valence-electron chi connectivity index (χ1n) is 6.10. The number of imidazole rings is 1. The van der Waals surface area contributed by atoms with Crippen molar-refractivity contribution >= 4 is 56.4 Å². The molecule has 1 N–H and O–H groups in total. The van der Waals surface area contributed by atoms with E-state index in [-0.39, 0.29) is 5.91 Å². The molecule has 0 aromatic carbocycles. The second kappa shape index (κ2) is 5.92. The predicted molar refractivity (Wildman–Crippen MR) is 85.0 cm³/mol. The number of aryl methyl sites for hydroxylation is 1. The minimum atomic E-state index is -0.282. The lowest BCUT2D eigenvalue weighted by Gasteiger charge is -1.95. The van der Waals surface area contributed by atoms with Gasteiger partial charge < -0.3 is 0 Å². The van der Waals surface area contributed by atoms with Crippen molar-refractivity contribution in [2.24, 2.45) is 0 Å². The van der Waals surface area contributed by atoms with E-state index in [2.05, 4.69) is 20.5 Å². The molecule has 3 aromatic rings. The molecule has 6 nitrogen and oxygen atoms in total. The molecule has 108 valence electrons. The van der Waals surface area contributed by atoms with E-state index < -0.39 is 0 Å². The highest BCUT2D eigenvalue weighted by Gasteiger charge is 2.09. The molecule has 9 heteroatoms. The van der Waals surface area contributed by atoms with Crippen LogP contribution in [0.5, 0.6) is 0 Å². The van der Waals surface area contributed by atoms with Crippen LogP contribution >= 0.6 is 34.3 Å². The molecule has 0 saturated heterocycles. The number of anilines is 1. The zero-order valence-corrected chi connectivity index (χ0v) is 13.3. The molecule has 0 fully saturated rings. The van der Waals surface area contributed by atoms with Crippen molar-refractivity contribution in [2.45, 2.75) is 13.3 Å². The Bertz CT molecular complexity index is 819. The van der Waals surface area contributed by atoms with Crippen molar-refractivity contribution in [1.29, 1.82) is 0 Å². The minimum Gasteiger partial charge on any atom is -0.297 e. The maximum atomic E-state index is 11.9. The van der Waals surface area contributed by atoms with Crippen LogP contribution in [0.15, 0.2) is 17.7 Å². The van der Waals surface area contributed by atoms with Crippen molar-refractivity contribution in [2.75, 3.05) is 5.32 Å². The smallest absolute Gasteiger partial charge is 0.250 e. The normalized spacial score (nSPS) is 11.5. The maximum Gasteiger partial charge on any atom is 0.250 e. The van der Waals surface area contributed by atoms with Crippen LogP contribution in [0, 0.1) is 0 Å². The minimum absolute atomic E-state index is 0.282. The van der Waals surface area contributed by atoms with Crippen LogP contribution in [0.3, 0.4) is 0 Å². The van der Waals surface area contributed by atoms with Crippen molar-refractivity contribution < 1.29 is 4.79 Å². The number of nitrogens with one attached hydrogen (secondary N) is 1. The van der Waals surface area contributed by atoms with Crippen molar-refractivity contribution in [3.05, 3.63) is 33.5 Å². The summed E-state index contributed by atoms with van der Waals surface area (Å²) in [4.78, 5) is 16.8. The van der Waals surface area contributed by atoms with Crippen molar-refractivity contribution in [3.8, 4) is 0 Å². The molecule has 0 atom stereocenters. The van der Waals surface area contributed by atoms with Gasteiger partial charge in [-0.05, 0) is 12.5 Å². The summed E-state index contributed by atoms with van der Waals surface area (Å²) >= 11 is 8.89. The van der Waals surface area contributed by atoms with Crippen molar-refractivity contribution in [3.63, 3.8) is 0 Å². The topological polar surface area (TPSA) is 72.2 Å². The number of hydrogen-bond donors (Lipinski definition) is 1. The fraction of sp³-hybridized carbons (Fsp3) is 0.167. The second-order valence-corrected chi connectivity index (χ2v) is 6.31. The number of rotatable bonds is 4. The molecular weight excluding hydrogens is 330 g/mol. The van der Waals surface area contributed by atoms with E-state index in [1.807, 2.05) is 22.9 Å². The van der Waals surface area contributed by atoms with E-state index in [9.17, 15) is 4.79 Å². The standard InChI is InChI=1S/C12H10ClN5OS2/c1-2-9-16-17-11(21-9)14-8(19)4-3-7-10(13)15-12-18(7)5-6-20-12/h3-6H,2H2,1H3,(H,14,17,19). The maximum absolute atomic E-state index is 11.9. The summed E-state index contributed by atoms with van der Waals surface area (Å²) in [6.07, 6.45) is 5.69. The monoisotopic (exact) mass is 339 g/mol. The SMILES string of the molecule is CCc1nnc(NC(=O)C=Cc2c(Cl)nc3sccn23)s1. The quantitative estimate of drug-likeness (QED) is 0.741. The fourth-order valence-electron chi connectivity index (χ4n) is 1.67. The van der Waals surface area contributed by atoms with Crippen LogP contribution in [0.1, 0.15) is 17.6 Å². The Balaban J connectivity index is 1.74. The summed E-state index contributed by atoms with van der Waals surface area (Å²) in [7, 11) is 0. The Hall–Kier alpha value is -1.77. The molecular formula is C12H10ClN5OS2. The number of thiazole rings is 1. The molecule has 0 spiro atoms. The van der Waals surface area contributed by atoms with Crippen molar-refractivity contribution in [1.82, 2.24) is 19.6 Å². The van der Waals surface area contributed by atoms with Gasteiger partial charge in [-0.25, -0.2) is 4.98 Å². The summed E-state index contributed by atoms with van der Waals surface area (Å²) in [6, 6.07) is 0. The molecule has 3 aromatic heterocycles. The Kier molecular flexibility index (Phi) is 4.00. The van der Waals surface area contributed by atoms with Gasteiger partial charge in [-0.1, -0.05) is 29.9 Å². The summed E-state index contributed by atoms with van der Waals surface area (Å²) in [5, 5.41) is 14.1. The Morgan fingerprint density at radius 2 is 2.38 bits per heavy atom. The Morgan fingerprint density at radius 1 is 1.52 bits per heavy atom. The van der Waals surface area contributed by atoms with Gasteiger partial charge in [0.2, 0.25) is 11.0 Å². The summed E-state index contributed by atoms with van der Waals surface area (Å²) < 4.78 is 1.83. The summed E-state index contributed by atoms with van der Waals surface area (Å²) in [5.41, 5.74) is 0.676. The zero-order valence-electron chi connectivity index (χ0n) is 10.9. The molecule has 1 amide bonds. The van der Waals surface area contributed by atoms with Gasteiger partial charge in [-0.15, -0.1) is 21.5 Å². The van der Waals surface area contributed by atoms with Crippen LogP contribution in [-0.4, -0.2) is 25.5 Å². The first-order valence-corrected chi connectivity index (χ1v) is 8.17. The van der Waals surface area contributed by atoms with E-state index in [1.54, 1.807) is 6.08 Å². The molecule has 0 bridgehead atoms. The summed E-state index contributed by atoms with van der Waals surface area (Å²) in [5.74, 6) is -0.282. The molecule has 0 unspecified atom stereocenters. The number of halogens is 1. The molecule has 0 aliphatic rings. The lowest BCUT2D eigenvalue weighted by Crippen LogP contribution is -2.07. The van der Waals surface area contributed by atoms with Gasteiger partial charge >= 0.3 is 0 Å². The summed E-state index contributed by atoms with van der Waals surface area (Å²) in [6.45, 7) is 1.99. The average Bonchev–Trinajstić information content (AvgIpc) is 3.13. The molecule has 3 heterocycles. The number of nitrogens with zero attached hydrogens (tertiary/aromatic N) is 4. The van der Waals surface area contributed by atoms with Gasteiger partial charge in [0.1, 0.15) is 5.01 Å². The van der Waals surface area contributed by atoms with Crippen LogP contribution in [0.4, 0.5) is 5.13 Å². The van der Waals surface area contributed by atoms with Crippen LogP contribution in [0.2, 0.25) is 5.15 Å². The van der Waals surface area contributed by atoms with Gasteiger partial charge in [0.25, 0.3) is 0 Å². The fourth-order valence-corrected chi connectivity index (χ4v) is 3.36. The number of fused-ring (bicyclic) bond motifs is 1. The Labute approximate surface area is 133 Å². The average molecular weight is 340 g/mol. The lowest BCUT2D eigenvalue weighted by molar-refractivity contribution is -0.111. The number of carbonyl (C=O) groups is 1. The highest BCUT2D eigenvalue weighted by atomic mass is 35.5. The van der Waals surface area contributed by atoms with Gasteiger partial charge in [0, 0.05) is 17.7 Å². The highest BCUT2D eigenvalue weighted by molar-refractivity contribution is 7.15. The van der Waals surface area contributed by atoms with Crippen LogP contribution < -0.4 is 5.32 Å². The van der Waals surface area contributed by atoms with Crippen LogP contribution in [-0.2, 0) is 11.2 Å². The van der Waals surface area contributed by atoms with Gasteiger partial charge in [-0.3, -0.25) is 14.5 Å². The molecule has 0 radical (unpaired) electrons. The third kappa shape index (κ3) is 2.97. The zero-order chi connectivity index (χ0) is 14.8. The molecule has 0 saturated carbocycles. The molecule has 21 heavy (non-hydrogen) atoms. The van der Waals surface area contributed by atoms with Gasteiger partial charge in [0.05, 0.1) is 5.69 Å². The van der Waals surface area contributed by atoms with Crippen LogP contribution in [0.25, 0.3) is 11.0 Å². The molecule has 0 aliphatic carbocycles. The first kappa shape index (κ1) is 14.2. The largest absolute Gasteiger partial charge is 0.297 e. The number of carbonyl (C=O) groups excluding carboxylic acids is 1. The van der Waals surface area contributed by atoms with E-state index in [4.69, 9.17) is 11.6 Å². The number of hydrogen-bond acceptors (Lipinski definition) is 6. The van der Waals surface area contributed by atoms with E-state index in [1.165, 1.54) is 28.7 Å². The molecule has 3 rings (SSSR count). The van der Waals surface area contributed by atoms with Gasteiger partial charge in [-0.2, -0.15) is 0 Å². The number of amides is 1. The van der Waals surface area contributed by atoms with E-state index in [0.29, 0.717) is 16.0 Å². The number of aromatic nitrogens is 4. The highest BCUT2D eigenvalue weighted by Crippen LogP contribution is 2.22. The first-order chi connectivity index (χ1) is 10.2. The third-order valence-electron chi connectivity index (χ3n) is 2.65. The predicted octanol–water partition coefficient (Wildman–Crippen LogP) is 3.12. The molecule has 0 aliphatic heterocycles. The second-order valence-electron chi connectivity index (χ2n) is 4.02. The van der Waals surface area contributed by atoms with E-state index in [0.717, 1.165) is 16.4 Å². The lowest BCUT2D eigenvalue weighted by atomic mass is 10.4.